The molecule has 0 saturated carbocycles. The molecule has 32 heavy (non-hydrogen) atoms. The quantitative estimate of drug-likeness (QED) is 0.273. The molecule has 0 aliphatic carbocycles. The maximum atomic E-state index is 12.6. The third-order valence-corrected chi connectivity index (χ3v) is 4.90. The summed E-state index contributed by atoms with van der Waals surface area (Å²) in [6.45, 7) is 0.138. The van der Waals surface area contributed by atoms with Crippen molar-refractivity contribution >= 4 is 41.0 Å². The summed E-state index contributed by atoms with van der Waals surface area (Å²) >= 11 is 12.1. The normalized spacial score (nSPS) is 10.7. The van der Waals surface area contributed by atoms with Gasteiger partial charge in [0.05, 0.1) is 23.8 Å². The third-order valence-electron chi connectivity index (χ3n) is 4.31. The molecule has 0 radical (unpaired) electrons. The number of ether oxygens (including phenoxy) is 2. The second kappa shape index (κ2) is 10.6. The number of nitro groups is 1. The minimum atomic E-state index is -0.560. The number of halogens is 2. The van der Waals surface area contributed by atoms with Gasteiger partial charge in [-0.05, 0) is 36.4 Å². The monoisotopic (exact) mass is 473 g/mol. The van der Waals surface area contributed by atoms with Crippen LogP contribution in [0.3, 0.4) is 0 Å². The van der Waals surface area contributed by atoms with E-state index in [1.165, 1.54) is 25.5 Å². The Labute approximate surface area is 193 Å². The lowest BCUT2D eigenvalue weighted by atomic mass is 10.2. The molecule has 164 valence electrons. The highest BCUT2D eigenvalue weighted by Gasteiger charge is 2.15. The SMILES string of the molecule is COc1ccc(/C=N/NC(=O)c2ccccc2OCc2ccc(Cl)cc2Cl)cc1[N+](=O)[O-]. The van der Waals surface area contributed by atoms with Crippen LogP contribution in [0.2, 0.25) is 10.0 Å². The van der Waals surface area contributed by atoms with Gasteiger partial charge in [0.25, 0.3) is 5.91 Å². The van der Waals surface area contributed by atoms with Crippen molar-refractivity contribution in [2.45, 2.75) is 6.61 Å². The Balaban J connectivity index is 1.69. The Morgan fingerprint density at radius 1 is 1.12 bits per heavy atom. The number of hydrogen-bond donors (Lipinski definition) is 1. The van der Waals surface area contributed by atoms with E-state index in [1.54, 1.807) is 48.5 Å². The number of carbonyl (C=O) groups excluding carboxylic acids is 1. The number of benzene rings is 3. The molecule has 3 rings (SSSR count). The van der Waals surface area contributed by atoms with Gasteiger partial charge in [-0.2, -0.15) is 5.10 Å². The molecule has 3 aromatic carbocycles. The van der Waals surface area contributed by atoms with Crippen molar-refractivity contribution in [1.82, 2.24) is 5.43 Å². The smallest absolute Gasteiger partial charge is 0.311 e. The van der Waals surface area contributed by atoms with Gasteiger partial charge in [0.15, 0.2) is 5.75 Å². The average Bonchev–Trinajstić information content (AvgIpc) is 2.78. The fourth-order valence-electron chi connectivity index (χ4n) is 2.73. The number of nitro benzene ring substituents is 1. The summed E-state index contributed by atoms with van der Waals surface area (Å²) < 4.78 is 10.7. The van der Waals surface area contributed by atoms with Crippen LogP contribution < -0.4 is 14.9 Å². The van der Waals surface area contributed by atoms with E-state index in [2.05, 4.69) is 10.5 Å². The lowest BCUT2D eigenvalue weighted by Gasteiger charge is -2.11. The Hall–Kier alpha value is -3.62. The van der Waals surface area contributed by atoms with Gasteiger partial charge in [-0.25, -0.2) is 5.43 Å². The second-order valence-corrected chi connectivity index (χ2v) is 7.25. The lowest BCUT2D eigenvalue weighted by molar-refractivity contribution is -0.385. The van der Waals surface area contributed by atoms with Crippen LogP contribution in [0.4, 0.5) is 5.69 Å². The summed E-state index contributed by atoms with van der Waals surface area (Å²) in [6.07, 6.45) is 1.29. The number of nitrogens with zero attached hydrogens (tertiary/aromatic N) is 2. The molecule has 0 atom stereocenters. The van der Waals surface area contributed by atoms with Crippen molar-refractivity contribution in [2.24, 2.45) is 5.10 Å². The second-order valence-electron chi connectivity index (χ2n) is 6.41. The van der Waals surface area contributed by atoms with Crippen LogP contribution in [-0.2, 0) is 6.61 Å². The molecule has 10 heteroatoms. The first-order chi connectivity index (χ1) is 15.4. The van der Waals surface area contributed by atoms with Gasteiger partial charge < -0.3 is 9.47 Å². The Bertz CT molecular complexity index is 1180. The van der Waals surface area contributed by atoms with Crippen molar-refractivity contribution in [3.05, 3.63) is 97.5 Å². The fourth-order valence-corrected chi connectivity index (χ4v) is 3.19. The Morgan fingerprint density at radius 2 is 1.91 bits per heavy atom. The molecule has 0 aliphatic heterocycles. The van der Waals surface area contributed by atoms with Crippen molar-refractivity contribution in [2.75, 3.05) is 7.11 Å². The van der Waals surface area contributed by atoms with E-state index in [9.17, 15) is 14.9 Å². The first-order valence-electron chi connectivity index (χ1n) is 9.20. The third kappa shape index (κ3) is 5.75. The summed E-state index contributed by atoms with van der Waals surface area (Å²) in [5.74, 6) is -0.0450. The van der Waals surface area contributed by atoms with Crippen LogP contribution in [0.15, 0.2) is 65.8 Å². The number of para-hydroxylation sites is 1. The number of hydrogen-bond acceptors (Lipinski definition) is 6. The maximum absolute atomic E-state index is 12.6. The molecule has 0 bridgehead atoms. The van der Waals surface area contributed by atoms with Gasteiger partial charge in [-0.15, -0.1) is 0 Å². The molecule has 0 heterocycles. The summed E-state index contributed by atoms with van der Waals surface area (Å²) in [4.78, 5) is 23.1. The first-order valence-corrected chi connectivity index (χ1v) is 9.96. The van der Waals surface area contributed by atoms with Crippen LogP contribution in [0, 0.1) is 10.1 Å². The van der Waals surface area contributed by atoms with E-state index < -0.39 is 10.8 Å². The van der Waals surface area contributed by atoms with Crippen LogP contribution in [-0.4, -0.2) is 24.2 Å². The summed E-state index contributed by atoms with van der Waals surface area (Å²) in [5, 5.41) is 16.0. The highest BCUT2D eigenvalue weighted by molar-refractivity contribution is 6.35. The van der Waals surface area contributed by atoms with E-state index in [0.717, 1.165) is 0 Å². The zero-order chi connectivity index (χ0) is 23.1. The average molecular weight is 474 g/mol. The highest BCUT2D eigenvalue weighted by atomic mass is 35.5. The number of carbonyl (C=O) groups is 1. The lowest BCUT2D eigenvalue weighted by Crippen LogP contribution is -2.18. The van der Waals surface area contributed by atoms with Crippen molar-refractivity contribution in [1.29, 1.82) is 0 Å². The van der Waals surface area contributed by atoms with Gasteiger partial charge >= 0.3 is 5.69 Å². The number of rotatable bonds is 8. The summed E-state index contributed by atoms with van der Waals surface area (Å²) in [7, 11) is 1.34. The van der Waals surface area contributed by atoms with Gasteiger partial charge in [0.2, 0.25) is 0 Å². The van der Waals surface area contributed by atoms with Gasteiger partial charge in [0, 0.05) is 27.2 Å². The molecule has 0 spiro atoms. The molecule has 0 fully saturated rings. The molecule has 3 aromatic rings. The summed E-state index contributed by atoms with van der Waals surface area (Å²) in [5.41, 5.74) is 3.57. The topological polar surface area (TPSA) is 103 Å². The van der Waals surface area contributed by atoms with Crippen molar-refractivity contribution in [3.8, 4) is 11.5 Å². The van der Waals surface area contributed by atoms with E-state index in [4.69, 9.17) is 32.7 Å². The fraction of sp³-hybridized carbons (Fsp3) is 0.0909. The maximum Gasteiger partial charge on any atom is 0.311 e. The molecule has 0 saturated heterocycles. The van der Waals surface area contributed by atoms with E-state index in [0.29, 0.717) is 26.9 Å². The van der Waals surface area contributed by atoms with E-state index >= 15 is 0 Å². The predicted octanol–water partition coefficient (Wildman–Crippen LogP) is 5.25. The standard InChI is InChI=1S/C22H17Cl2N3O5/c1-31-21-9-6-14(10-19(21)27(29)30)12-25-26-22(28)17-4-2-3-5-20(17)32-13-15-7-8-16(23)11-18(15)24/h2-12H,13H2,1H3,(H,26,28)/b25-12+. The molecule has 0 aromatic heterocycles. The van der Waals surface area contributed by atoms with Crippen molar-refractivity contribution in [3.63, 3.8) is 0 Å². The zero-order valence-corrected chi connectivity index (χ0v) is 18.3. The molecule has 1 amide bonds. The van der Waals surface area contributed by atoms with Crippen LogP contribution >= 0.6 is 23.2 Å². The van der Waals surface area contributed by atoms with Crippen LogP contribution in [0.5, 0.6) is 11.5 Å². The largest absolute Gasteiger partial charge is 0.490 e. The molecular formula is C22H17Cl2N3O5. The van der Waals surface area contributed by atoms with Crippen LogP contribution in [0.25, 0.3) is 0 Å². The molecule has 1 N–H and O–H groups in total. The van der Waals surface area contributed by atoms with Gasteiger partial charge in [-0.1, -0.05) is 41.4 Å². The van der Waals surface area contributed by atoms with Gasteiger partial charge in [0.1, 0.15) is 12.4 Å². The number of methoxy groups -OCH3 is 1. The number of hydrazone groups is 1. The number of amides is 1. The molecule has 0 aliphatic rings. The highest BCUT2D eigenvalue weighted by Crippen LogP contribution is 2.27. The Morgan fingerprint density at radius 3 is 2.62 bits per heavy atom. The number of nitrogens with one attached hydrogen (secondary N) is 1. The molecule has 8 nitrogen and oxygen atoms in total. The molecule has 0 unspecified atom stereocenters. The predicted molar refractivity (Wildman–Crippen MR) is 122 cm³/mol. The van der Waals surface area contributed by atoms with Gasteiger partial charge in [-0.3, -0.25) is 14.9 Å². The van der Waals surface area contributed by atoms with Crippen molar-refractivity contribution < 1.29 is 19.2 Å². The molecular weight excluding hydrogens is 457 g/mol. The summed E-state index contributed by atoms with van der Waals surface area (Å²) in [6, 6.07) is 16.0. The zero-order valence-electron chi connectivity index (χ0n) is 16.7. The van der Waals surface area contributed by atoms with E-state index in [-0.39, 0.29) is 23.6 Å². The Kier molecular flexibility index (Phi) is 7.64. The van der Waals surface area contributed by atoms with Crippen LogP contribution in [0.1, 0.15) is 21.5 Å². The minimum absolute atomic E-state index is 0.128. The minimum Gasteiger partial charge on any atom is -0.490 e. The van der Waals surface area contributed by atoms with E-state index in [1.807, 2.05) is 0 Å². The first kappa shape index (κ1) is 23.1.